The summed E-state index contributed by atoms with van der Waals surface area (Å²) in [5.41, 5.74) is 0. The second-order valence-corrected chi connectivity index (χ2v) is 8.16. The molecule has 3 rings (SSSR count). The highest BCUT2D eigenvalue weighted by molar-refractivity contribution is 7.09. The normalized spacial score (nSPS) is 18.4. The number of aryl methyl sites for hydroxylation is 1. The molecule has 0 bridgehead atoms. The molecule has 1 fully saturated rings. The molecule has 3 heterocycles. The Morgan fingerprint density at radius 1 is 1.38 bits per heavy atom. The van der Waals surface area contributed by atoms with Gasteiger partial charge < -0.3 is 15.2 Å². The van der Waals surface area contributed by atoms with Gasteiger partial charge in [-0.05, 0) is 31.2 Å². The van der Waals surface area contributed by atoms with Gasteiger partial charge in [-0.15, -0.1) is 21.5 Å². The Kier molecular flexibility index (Phi) is 7.12. The molecule has 0 saturated carbocycles. The molecule has 160 valence electrons. The number of guanidine groups is 1. The average Bonchev–Trinajstić information content (AvgIpc) is 3.37. The van der Waals surface area contributed by atoms with Gasteiger partial charge in [0.15, 0.2) is 11.8 Å². The first-order valence-electron chi connectivity index (χ1n) is 9.51. The Hall–Kier alpha value is -2.14. The highest BCUT2D eigenvalue weighted by Crippen LogP contribution is 2.20. The molecule has 2 aromatic rings. The molecule has 1 aliphatic heterocycles. The molecule has 7 nitrogen and oxygen atoms in total. The van der Waals surface area contributed by atoms with Crippen LogP contribution in [-0.4, -0.2) is 64.0 Å². The number of hydrogen-bond acceptors (Lipinski definition) is 5. The largest absolute Gasteiger partial charge is 0.401 e. The van der Waals surface area contributed by atoms with E-state index in [0.29, 0.717) is 38.6 Å². The number of nitrogens with zero attached hydrogens (tertiary/aromatic N) is 5. The van der Waals surface area contributed by atoms with E-state index in [-0.39, 0.29) is 6.04 Å². The van der Waals surface area contributed by atoms with Crippen LogP contribution in [0.1, 0.15) is 22.9 Å². The summed E-state index contributed by atoms with van der Waals surface area (Å²) in [5.74, 6) is 2.11. The van der Waals surface area contributed by atoms with Crippen LogP contribution in [-0.2, 0) is 20.0 Å². The fourth-order valence-electron chi connectivity index (χ4n) is 3.19. The molecule has 0 spiro atoms. The Labute approximate surface area is 172 Å². The number of likely N-dealkylation sites (tertiary alicyclic amines) is 1. The molecule has 2 aromatic heterocycles. The molecule has 0 aliphatic carbocycles. The fraction of sp³-hybridized carbons (Fsp3) is 0.611. The third-order valence-electron chi connectivity index (χ3n) is 4.82. The smallest absolute Gasteiger partial charge is 0.356 e. The molecule has 1 atom stereocenters. The molecule has 29 heavy (non-hydrogen) atoms. The minimum atomic E-state index is -4.17. The van der Waals surface area contributed by atoms with Crippen molar-refractivity contribution in [2.45, 2.75) is 38.5 Å². The highest BCUT2D eigenvalue weighted by atomic mass is 32.1. The topological polar surface area (TPSA) is 70.4 Å². The van der Waals surface area contributed by atoms with Gasteiger partial charge in [-0.1, -0.05) is 6.07 Å². The second-order valence-electron chi connectivity index (χ2n) is 7.12. The van der Waals surface area contributed by atoms with E-state index in [2.05, 4.69) is 31.9 Å². The van der Waals surface area contributed by atoms with E-state index in [9.17, 15) is 13.2 Å². The van der Waals surface area contributed by atoms with Crippen molar-refractivity contribution in [3.8, 4) is 0 Å². The zero-order valence-corrected chi connectivity index (χ0v) is 17.4. The SMILES string of the molecule is Cc1nnc(CN=C(NCCc2cccs2)NC2CCN(CC(F)(F)F)C2)n1C. The van der Waals surface area contributed by atoms with Gasteiger partial charge in [-0.25, -0.2) is 4.99 Å². The van der Waals surface area contributed by atoms with Crippen molar-refractivity contribution < 1.29 is 13.2 Å². The third kappa shape index (κ3) is 6.70. The van der Waals surface area contributed by atoms with Crippen LogP contribution in [0.5, 0.6) is 0 Å². The van der Waals surface area contributed by atoms with Crippen molar-refractivity contribution >= 4 is 17.3 Å². The van der Waals surface area contributed by atoms with Crippen LogP contribution in [0, 0.1) is 6.92 Å². The average molecular weight is 430 g/mol. The second kappa shape index (κ2) is 9.57. The molecule has 0 aromatic carbocycles. The zero-order chi connectivity index (χ0) is 20.9. The third-order valence-corrected chi connectivity index (χ3v) is 5.76. The fourth-order valence-corrected chi connectivity index (χ4v) is 3.90. The Morgan fingerprint density at radius 2 is 2.21 bits per heavy atom. The molecular formula is C18H26F3N7S. The van der Waals surface area contributed by atoms with Gasteiger partial charge in [-0.3, -0.25) is 4.90 Å². The van der Waals surface area contributed by atoms with E-state index in [1.54, 1.807) is 11.3 Å². The van der Waals surface area contributed by atoms with Crippen molar-refractivity contribution in [3.63, 3.8) is 0 Å². The van der Waals surface area contributed by atoms with Crippen LogP contribution in [0.4, 0.5) is 13.2 Å². The van der Waals surface area contributed by atoms with Gasteiger partial charge in [0.2, 0.25) is 0 Å². The van der Waals surface area contributed by atoms with Crippen molar-refractivity contribution in [2.75, 3.05) is 26.2 Å². The molecule has 1 saturated heterocycles. The summed E-state index contributed by atoms with van der Waals surface area (Å²) in [6, 6.07) is 4.01. The number of thiophene rings is 1. The van der Waals surface area contributed by atoms with Crippen LogP contribution >= 0.6 is 11.3 Å². The summed E-state index contributed by atoms with van der Waals surface area (Å²) in [6.45, 7) is 2.78. The first kappa shape index (κ1) is 21.6. The molecule has 2 N–H and O–H groups in total. The molecule has 1 aliphatic rings. The first-order chi connectivity index (χ1) is 13.8. The standard InChI is InChI=1S/C18H26F3N7S/c1-13-25-26-16(27(13)2)10-23-17(22-7-5-15-4-3-9-29-15)24-14-6-8-28(11-14)12-18(19,20)21/h3-4,9,14H,5-8,10-12H2,1-2H3,(H2,22,23,24). The molecule has 0 amide bonds. The lowest BCUT2D eigenvalue weighted by Crippen LogP contribution is -2.45. The van der Waals surface area contributed by atoms with E-state index in [1.165, 1.54) is 9.78 Å². The number of alkyl halides is 3. The van der Waals surface area contributed by atoms with E-state index in [1.807, 2.05) is 30.0 Å². The summed E-state index contributed by atoms with van der Waals surface area (Å²) in [4.78, 5) is 7.27. The number of aliphatic imine (C=N–C) groups is 1. The Morgan fingerprint density at radius 3 is 2.86 bits per heavy atom. The van der Waals surface area contributed by atoms with Gasteiger partial charge in [0.1, 0.15) is 12.4 Å². The van der Waals surface area contributed by atoms with Crippen molar-refractivity contribution in [3.05, 3.63) is 34.0 Å². The Bertz CT molecular complexity index is 801. The van der Waals surface area contributed by atoms with E-state index in [4.69, 9.17) is 0 Å². The maximum atomic E-state index is 12.6. The maximum Gasteiger partial charge on any atom is 0.401 e. The summed E-state index contributed by atoms with van der Waals surface area (Å²) in [5, 5.41) is 16.7. The summed E-state index contributed by atoms with van der Waals surface area (Å²) < 4.78 is 39.8. The van der Waals surface area contributed by atoms with Gasteiger partial charge in [0.05, 0.1) is 6.54 Å². The van der Waals surface area contributed by atoms with Crippen LogP contribution < -0.4 is 10.6 Å². The lowest BCUT2D eigenvalue weighted by Gasteiger charge is -2.20. The van der Waals surface area contributed by atoms with Crippen molar-refractivity contribution in [2.24, 2.45) is 12.0 Å². The van der Waals surface area contributed by atoms with Gasteiger partial charge in [0, 0.05) is 37.6 Å². The van der Waals surface area contributed by atoms with Crippen LogP contribution in [0.25, 0.3) is 0 Å². The van der Waals surface area contributed by atoms with Crippen molar-refractivity contribution in [1.29, 1.82) is 0 Å². The predicted octanol–water partition coefficient (Wildman–Crippen LogP) is 2.10. The number of halogens is 3. The lowest BCUT2D eigenvalue weighted by molar-refractivity contribution is -0.143. The van der Waals surface area contributed by atoms with Gasteiger partial charge in [0.25, 0.3) is 0 Å². The minimum Gasteiger partial charge on any atom is -0.356 e. The predicted molar refractivity (Wildman–Crippen MR) is 107 cm³/mol. The Balaban J connectivity index is 1.59. The van der Waals surface area contributed by atoms with Gasteiger partial charge >= 0.3 is 6.18 Å². The van der Waals surface area contributed by atoms with Crippen LogP contribution in [0.2, 0.25) is 0 Å². The van der Waals surface area contributed by atoms with Crippen molar-refractivity contribution in [1.82, 2.24) is 30.3 Å². The van der Waals surface area contributed by atoms with E-state index < -0.39 is 12.7 Å². The zero-order valence-electron chi connectivity index (χ0n) is 16.5. The van der Waals surface area contributed by atoms with Crippen LogP contribution in [0.15, 0.2) is 22.5 Å². The first-order valence-corrected chi connectivity index (χ1v) is 10.4. The number of nitrogens with one attached hydrogen (secondary N) is 2. The summed E-state index contributed by atoms with van der Waals surface area (Å²) in [6.07, 6.45) is -2.68. The monoisotopic (exact) mass is 429 g/mol. The molecule has 11 heteroatoms. The maximum absolute atomic E-state index is 12.6. The molecular weight excluding hydrogens is 403 g/mol. The molecule has 0 radical (unpaired) electrons. The lowest BCUT2D eigenvalue weighted by atomic mass is 10.3. The quantitative estimate of drug-likeness (QED) is 0.521. The summed E-state index contributed by atoms with van der Waals surface area (Å²) >= 11 is 1.69. The van der Waals surface area contributed by atoms with E-state index >= 15 is 0 Å². The minimum absolute atomic E-state index is 0.0772. The number of aromatic nitrogens is 3. The number of rotatable bonds is 7. The number of hydrogen-bond donors (Lipinski definition) is 2. The van der Waals surface area contributed by atoms with Crippen LogP contribution in [0.3, 0.4) is 0 Å². The highest BCUT2D eigenvalue weighted by Gasteiger charge is 2.34. The summed E-state index contributed by atoms with van der Waals surface area (Å²) in [7, 11) is 1.88. The van der Waals surface area contributed by atoms with E-state index in [0.717, 1.165) is 18.1 Å². The molecule has 1 unspecified atom stereocenters. The van der Waals surface area contributed by atoms with Gasteiger partial charge in [-0.2, -0.15) is 13.2 Å².